The van der Waals surface area contributed by atoms with Gasteiger partial charge in [-0.1, -0.05) is 30.3 Å². The van der Waals surface area contributed by atoms with Crippen LogP contribution in [0.4, 0.5) is 0 Å². The summed E-state index contributed by atoms with van der Waals surface area (Å²) in [5.74, 6) is 0.873. The van der Waals surface area contributed by atoms with E-state index in [-0.39, 0.29) is 6.10 Å². The van der Waals surface area contributed by atoms with Gasteiger partial charge in [-0.2, -0.15) is 0 Å². The Balaban J connectivity index is 1.61. The highest BCUT2D eigenvalue weighted by Crippen LogP contribution is 2.27. The lowest BCUT2D eigenvalue weighted by molar-refractivity contribution is 0.168. The summed E-state index contributed by atoms with van der Waals surface area (Å²) >= 11 is 0. The first kappa shape index (κ1) is 14.2. The summed E-state index contributed by atoms with van der Waals surface area (Å²) in [7, 11) is 1.67. The van der Waals surface area contributed by atoms with Crippen LogP contribution >= 0.6 is 0 Å². The first-order valence-electron chi connectivity index (χ1n) is 7.69. The van der Waals surface area contributed by atoms with E-state index in [9.17, 15) is 5.11 Å². The van der Waals surface area contributed by atoms with Crippen LogP contribution < -0.4 is 4.74 Å². The van der Waals surface area contributed by atoms with E-state index < -0.39 is 0 Å². The van der Waals surface area contributed by atoms with Crippen LogP contribution in [-0.2, 0) is 19.3 Å². The smallest absolute Gasteiger partial charge is 0.118 e. The second-order valence-electron chi connectivity index (χ2n) is 5.78. The average Bonchev–Trinajstić information content (AvgIpc) is 3.00. The molecule has 1 N–H and O–H groups in total. The third-order valence-corrected chi connectivity index (χ3v) is 4.37. The first-order chi connectivity index (χ1) is 10.3. The molecule has 1 unspecified atom stereocenters. The molecule has 1 aliphatic rings. The highest BCUT2D eigenvalue weighted by Gasteiger charge is 2.14. The Hall–Kier alpha value is -1.80. The third kappa shape index (κ3) is 3.27. The molecule has 3 rings (SSSR count). The van der Waals surface area contributed by atoms with Gasteiger partial charge in [-0.15, -0.1) is 0 Å². The summed E-state index contributed by atoms with van der Waals surface area (Å²) in [6, 6.07) is 14.5. The van der Waals surface area contributed by atoms with E-state index in [4.69, 9.17) is 4.74 Å². The Bertz CT molecular complexity index is 601. The van der Waals surface area contributed by atoms with Crippen molar-refractivity contribution in [1.82, 2.24) is 0 Å². The number of aliphatic hydroxyl groups excluding tert-OH is 1. The first-order valence-corrected chi connectivity index (χ1v) is 7.69. The summed E-state index contributed by atoms with van der Waals surface area (Å²) in [4.78, 5) is 0. The van der Waals surface area contributed by atoms with Crippen LogP contribution in [0, 0.1) is 0 Å². The molecular weight excluding hydrogens is 260 g/mol. The molecule has 0 saturated carbocycles. The van der Waals surface area contributed by atoms with E-state index in [1.165, 1.54) is 29.5 Å². The Morgan fingerprint density at radius 1 is 1.05 bits per heavy atom. The van der Waals surface area contributed by atoms with E-state index in [1.54, 1.807) is 7.11 Å². The maximum absolute atomic E-state index is 10.4. The summed E-state index contributed by atoms with van der Waals surface area (Å²) < 4.78 is 5.16. The molecule has 0 aromatic heterocycles. The Morgan fingerprint density at radius 3 is 2.57 bits per heavy atom. The standard InChI is InChI=1S/C19H22O2/c1-21-18-10-5-14(6-11-18)7-12-19(20)17-9-8-15-3-2-4-16(15)13-17/h5-6,8-11,13,19-20H,2-4,7,12H2,1H3. The molecule has 0 radical (unpaired) electrons. The van der Waals surface area contributed by atoms with Crippen molar-refractivity contribution in [3.8, 4) is 5.75 Å². The molecule has 21 heavy (non-hydrogen) atoms. The summed E-state index contributed by atoms with van der Waals surface area (Å²) in [6.07, 6.45) is 4.86. The maximum atomic E-state index is 10.4. The zero-order chi connectivity index (χ0) is 14.7. The van der Waals surface area contributed by atoms with Gasteiger partial charge in [0, 0.05) is 0 Å². The molecule has 0 saturated heterocycles. The highest BCUT2D eigenvalue weighted by molar-refractivity contribution is 5.36. The van der Waals surface area contributed by atoms with Crippen LogP contribution in [0.1, 0.15) is 41.2 Å². The van der Waals surface area contributed by atoms with Crippen LogP contribution in [0.5, 0.6) is 5.75 Å². The van der Waals surface area contributed by atoms with Gasteiger partial charge >= 0.3 is 0 Å². The topological polar surface area (TPSA) is 29.5 Å². The minimum atomic E-state index is -0.377. The molecule has 0 amide bonds. The van der Waals surface area contributed by atoms with Crippen molar-refractivity contribution in [3.05, 3.63) is 64.7 Å². The largest absolute Gasteiger partial charge is 0.497 e. The second-order valence-corrected chi connectivity index (χ2v) is 5.78. The number of ether oxygens (including phenoxy) is 1. The molecule has 2 aromatic rings. The van der Waals surface area contributed by atoms with Gasteiger partial charge < -0.3 is 9.84 Å². The van der Waals surface area contributed by atoms with E-state index in [1.807, 2.05) is 12.1 Å². The van der Waals surface area contributed by atoms with E-state index in [2.05, 4.69) is 30.3 Å². The van der Waals surface area contributed by atoms with Crippen LogP contribution in [0.2, 0.25) is 0 Å². The molecular formula is C19H22O2. The zero-order valence-electron chi connectivity index (χ0n) is 12.5. The fourth-order valence-corrected chi connectivity index (χ4v) is 3.06. The van der Waals surface area contributed by atoms with E-state index in [0.717, 1.165) is 30.6 Å². The third-order valence-electron chi connectivity index (χ3n) is 4.37. The van der Waals surface area contributed by atoms with Crippen molar-refractivity contribution >= 4 is 0 Å². The molecule has 2 heteroatoms. The number of hydrogen-bond acceptors (Lipinski definition) is 2. The Kier molecular flexibility index (Phi) is 4.26. The number of hydrogen-bond donors (Lipinski definition) is 1. The number of fused-ring (bicyclic) bond motifs is 1. The molecule has 1 atom stereocenters. The van der Waals surface area contributed by atoms with E-state index in [0.29, 0.717) is 0 Å². The molecule has 0 heterocycles. The van der Waals surface area contributed by atoms with Gasteiger partial charge in [0.05, 0.1) is 13.2 Å². The summed E-state index contributed by atoms with van der Waals surface area (Å²) in [5.41, 5.74) is 5.18. The van der Waals surface area contributed by atoms with Gasteiger partial charge in [-0.3, -0.25) is 0 Å². The predicted octanol–water partition coefficient (Wildman–Crippen LogP) is 3.85. The van der Waals surface area contributed by atoms with Crippen molar-refractivity contribution in [2.45, 2.75) is 38.2 Å². The lowest BCUT2D eigenvalue weighted by Crippen LogP contribution is -2.01. The lowest BCUT2D eigenvalue weighted by Gasteiger charge is -2.13. The summed E-state index contributed by atoms with van der Waals surface area (Å²) in [5, 5.41) is 10.4. The number of aryl methyl sites for hydroxylation is 3. The predicted molar refractivity (Wildman–Crippen MR) is 84.7 cm³/mol. The summed E-state index contributed by atoms with van der Waals surface area (Å²) in [6.45, 7) is 0. The van der Waals surface area contributed by atoms with Crippen LogP contribution in [0.3, 0.4) is 0 Å². The fraction of sp³-hybridized carbons (Fsp3) is 0.368. The highest BCUT2D eigenvalue weighted by atomic mass is 16.5. The molecule has 2 aromatic carbocycles. The minimum absolute atomic E-state index is 0.377. The van der Waals surface area contributed by atoms with Crippen molar-refractivity contribution in [2.75, 3.05) is 7.11 Å². The van der Waals surface area contributed by atoms with Gasteiger partial charge in [-0.05, 0) is 66.5 Å². The molecule has 0 bridgehead atoms. The molecule has 110 valence electrons. The molecule has 2 nitrogen and oxygen atoms in total. The van der Waals surface area contributed by atoms with Gasteiger partial charge in [0.2, 0.25) is 0 Å². The van der Waals surface area contributed by atoms with Crippen molar-refractivity contribution in [2.24, 2.45) is 0 Å². The van der Waals surface area contributed by atoms with E-state index >= 15 is 0 Å². The second kappa shape index (κ2) is 6.31. The average molecular weight is 282 g/mol. The van der Waals surface area contributed by atoms with Gasteiger partial charge in [0.1, 0.15) is 5.75 Å². The number of rotatable bonds is 5. The molecule has 0 fully saturated rings. The maximum Gasteiger partial charge on any atom is 0.118 e. The number of benzene rings is 2. The van der Waals surface area contributed by atoms with Crippen LogP contribution in [-0.4, -0.2) is 12.2 Å². The number of aliphatic hydroxyl groups is 1. The fourth-order valence-electron chi connectivity index (χ4n) is 3.06. The van der Waals surface area contributed by atoms with Crippen molar-refractivity contribution < 1.29 is 9.84 Å². The lowest BCUT2D eigenvalue weighted by atomic mass is 9.98. The SMILES string of the molecule is COc1ccc(CCC(O)c2ccc3c(c2)CCC3)cc1. The van der Waals surface area contributed by atoms with Gasteiger partial charge in [0.25, 0.3) is 0 Å². The molecule has 0 spiro atoms. The monoisotopic (exact) mass is 282 g/mol. The zero-order valence-corrected chi connectivity index (χ0v) is 12.5. The molecule has 0 aliphatic heterocycles. The van der Waals surface area contributed by atoms with Crippen LogP contribution in [0.25, 0.3) is 0 Å². The van der Waals surface area contributed by atoms with Crippen molar-refractivity contribution in [1.29, 1.82) is 0 Å². The van der Waals surface area contributed by atoms with Gasteiger partial charge in [-0.25, -0.2) is 0 Å². The normalized spacial score (nSPS) is 14.8. The minimum Gasteiger partial charge on any atom is -0.497 e. The van der Waals surface area contributed by atoms with Gasteiger partial charge in [0.15, 0.2) is 0 Å². The van der Waals surface area contributed by atoms with Crippen molar-refractivity contribution in [3.63, 3.8) is 0 Å². The van der Waals surface area contributed by atoms with Crippen LogP contribution in [0.15, 0.2) is 42.5 Å². The molecule has 1 aliphatic carbocycles. The number of methoxy groups -OCH3 is 1. The Labute approximate surface area is 126 Å². The Morgan fingerprint density at radius 2 is 1.81 bits per heavy atom. The quantitative estimate of drug-likeness (QED) is 0.902.